The highest BCUT2D eigenvalue weighted by Gasteiger charge is 2.34. The molecular formula is C25H21NS. The molecule has 27 heavy (non-hydrogen) atoms. The Kier molecular flexibility index (Phi) is 3.66. The van der Waals surface area contributed by atoms with E-state index < -0.39 is 0 Å². The molecule has 0 aliphatic heterocycles. The van der Waals surface area contributed by atoms with E-state index in [-0.39, 0.29) is 5.41 Å². The van der Waals surface area contributed by atoms with Gasteiger partial charge in [-0.25, -0.2) is 0 Å². The van der Waals surface area contributed by atoms with Crippen LogP contribution < -0.4 is 0 Å². The van der Waals surface area contributed by atoms with Crippen LogP contribution in [0.15, 0.2) is 77.8 Å². The van der Waals surface area contributed by atoms with Crippen LogP contribution >= 0.6 is 11.8 Å². The molecule has 0 radical (unpaired) electrons. The summed E-state index contributed by atoms with van der Waals surface area (Å²) in [5.74, 6) is 0. The second-order valence-corrected chi connectivity index (χ2v) is 8.46. The third-order valence-electron chi connectivity index (χ3n) is 5.81. The van der Waals surface area contributed by atoms with Gasteiger partial charge in [0.05, 0.1) is 5.69 Å². The highest BCUT2D eigenvalue weighted by Crippen LogP contribution is 2.49. The van der Waals surface area contributed by atoms with Gasteiger partial charge in [-0.3, -0.25) is 4.98 Å². The maximum atomic E-state index is 4.86. The first-order valence-electron chi connectivity index (χ1n) is 9.28. The molecule has 2 heteroatoms. The van der Waals surface area contributed by atoms with Gasteiger partial charge in [0, 0.05) is 21.9 Å². The maximum Gasteiger partial charge on any atom is 0.0588 e. The topological polar surface area (TPSA) is 12.9 Å². The Morgan fingerprint density at radius 3 is 2.26 bits per heavy atom. The molecule has 3 aromatic carbocycles. The summed E-state index contributed by atoms with van der Waals surface area (Å²) in [6.45, 7) is 4.58. The molecule has 1 aromatic heterocycles. The van der Waals surface area contributed by atoms with Crippen LogP contribution in [0.4, 0.5) is 0 Å². The zero-order valence-corrected chi connectivity index (χ0v) is 16.6. The summed E-state index contributed by atoms with van der Waals surface area (Å²) in [5, 5.41) is 2.59. The molecule has 0 atom stereocenters. The number of thioether (sulfide) groups is 1. The fraction of sp³-hybridized carbons (Fsp3) is 0.160. The lowest BCUT2D eigenvalue weighted by atomic mass is 9.70. The molecule has 1 heterocycles. The van der Waals surface area contributed by atoms with E-state index in [0.29, 0.717) is 0 Å². The SMILES string of the molecule is CSc1ccccc1-c1ccc2c3c(nccc13)C(C)(C)c1ccccc1-2. The predicted octanol–water partition coefficient (Wildman–Crippen LogP) is 6.93. The number of fused-ring (bicyclic) bond motifs is 2. The molecule has 0 saturated carbocycles. The Labute approximate surface area is 164 Å². The van der Waals surface area contributed by atoms with E-state index in [0.717, 1.165) is 0 Å². The van der Waals surface area contributed by atoms with Crippen molar-refractivity contribution in [2.24, 2.45) is 0 Å². The molecule has 1 nitrogen and oxygen atoms in total. The standard InChI is InChI=1S/C25H21NS/c1-25(2)21-10-6-4-8-17(21)19-13-12-16(18-9-5-7-11-22(18)27-3)20-14-15-26-24(25)23(19)20/h4-15H,1-3H3. The number of hydrogen-bond acceptors (Lipinski definition) is 2. The third kappa shape index (κ3) is 2.30. The van der Waals surface area contributed by atoms with Gasteiger partial charge in [0.25, 0.3) is 0 Å². The molecule has 0 bridgehead atoms. The molecule has 1 aliphatic carbocycles. The zero-order chi connectivity index (χ0) is 18.6. The molecule has 1 aliphatic rings. The van der Waals surface area contributed by atoms with Crippen LogP contribution in [0.5, 0.6) is 0 Å². The maximum absolute atomic E-state index is 4.86. The van der Waals surface area contributed by atoms with Gasteiger partial charge >= 0.3 is 0 Å². The Morgan fingerprint density at radius 2 is 1.44 bits per heavy atom. The molecule has 0 spiro atoms. The summed E-state index contributed by atoms with van der Waals surface area (Å²) in [6.07, 6.45) is 4.12. The van der Waals surface area contributed by atoms with Crippen molar-refractivity contribution in [1.82, 2.24) is 4.98 Å². The van der Waals surface area contributed by atoms with Crippen LogP contribution in [-0.2, 0) is 5.41 Å². The number of hydrogen-bond donors (Lipinski definition) is 0. The van der Waals surface area contributed by atoms with E-state index >= 15 is 0 Å². The van der Waals surface area contributed by atoms with Crippen LogP contribution in [0.3, 0.4) is 0 Å². The summed E-state index contributed by atoms with van der Waals surface area (Å²) in [7, 11) is 0. The molecule has 0 saturated heterocycles. The molecule has 0 unspecified atom stereocenters. The monoisotopic (exact) mass is 367 g/mol. The molecule has 4 aromatic rings. The first-order chi connectivity index (χ1) is 13.1. The van der Waals surface area contributed by atoms with E-state index in [9.17, 15) is 0 Å². The van der Waals surface area contributed by atoms with Crippen molar-refractivity contribution in [3.05, 3.63) is 84.2 Å². The van der Waals surface area contributed by atoms with Crippen LogP contribution in [0.1, 0.15) is 25.1 Å². The van der Waals surface area contributed by atoms with Crippen LogP contribution in [-0.4, -0.2) is 11.2 Å². The van der Waals surface area contributed by atoms with E-state index in [4.69, 9.17) is 4.98 Å². The smallest absolute Gasteiger partial charge is 0.0588 e. The van der Waals surface area contributed by atoms with E-state index in [1.165, 1.54) is 49.2 Å². The first-order valence-corrected chi connectivity index (χ1v) is 10.5. The summed E-state index contributed by atoms with van der Waals surface area (Å²) in [6, 6.07) is 24.2. The second-order valence-electron chi connectivity index (χ2n) is 7.61. The number of rotatable bonds is 2. The van der Waals surface area contributed by atoms with Gasteiger partial charge in [0.1, 0.15) is 0 Å². The van der Waals surface area contributed by atoms with Gasteiger partial charge in [-0.2, -0.15) is 0 Å². The molecule has 132 valence electrons. The van der Waals surface area contributed by atoms with Crippen molar-refractivity contribution >= 4 is 22.5 Å². The quantitative estimate of drug-likeness (QED) is 0.356. The van der Waals surface area contributed by atoms with Crippen molar-refractivity contribution in [2.75, 3.05) is 6.26 Å². The summed E-state index contributed by atoms with van der Waals surface area (Å²) in [5.41, 5.74) is 7.64. The van der Waals surface area contributed by atoms with Gasteiger partial charge in [-0.05, 0) is 51.6 Å². The van der Waals surface area contributed by atoms with Crippen molar-refractivity contribution in [1.29, 1.82) is 0 Å². The van der Waals surface area contributed by atoms with Gasteiger partial charge in [-0.15, -0.1) is 11.8 Å². The minimum absolute atomic E-state index is 0.110. The number of pyridine rings is 1. The Morgan fingerprint density at radius 1 is 0.741 bits per heavy atom. The minimum atomic E-state index is -0.110. The van der Waals surface area contributed by atoms with Crippen molar-refractivity contribution < 1.29 is 0 Å². The zero-order valence-electron chi connectivity index (χ0n) is 15.8. The first kappa shape index (κ1) is 16.6. The Hall–Kier alpha value is -2.58. The average Bonchev–Trinajstić information content (AvgIpc) is 2.72. The van der Waals surface area contributed by atoms with Gasteiger partial charge < -0.3 is 0 Å². The summed E-state index contributed by atoms with van der Waals surface area (Å²) in [4.78, 5) is 6.17. The third-order valence-corrected chi connectivity index (χ3v) is 6.60. The molecule has 0 N–H and O–H groups in total. The van der Waals surface area contributed by atoms with E-state index in [2.05, 4.69) is 86.8 Å². The normalized spacial score (nSPS) is 14.2. The Bertz CT molecular complexity index is 1190. The van der Waals surface area contributed by atoms with Crippen molar-refractivity contribution in [3.8, 4) is 22.3 Å². The largest absolute Gasteiger partial charge is 0.260 e. The van der Waals surface area contributed by atoms with Crippen molar-refractivity contribution in [3.63, 3.8) is 0 Å². The average molecular weight is 368 g/mol. The second kappa shape index (κ2) is 5.97. The van der Waals surface area contributed by atoms with Crippen LogP contribution in [0, 0.1) is 0 Å². The van der Waals surface area contributed by atoms with Crippen LogP contribution in [0.25, 0.3) is 33.0 Å². The lowest BCUT2D eigenvalue weighted by Gasteiger charge is -2.34. The van der Waals surface area contributed by atoms with Crippen LogP contribution in [0.2, 0.25) is 0 Å². The molecule has 0 amide bonds. The highest BCUT2D eigenvalue weighted by molar-refractivity contribution is 7.98. The van der Waals surface area contributed by atoms with Gasteiger partial charge in [0.15, 0.2) is 0 Å². The van der Waals surface area contributed by atoms with Gasteiger partial charge in [0.2, 0.25) is 0 Å². The molecule has 5 rings (SSSR count). The van der Waals surface area contributed by atoms with E-state index in [1.54, 1.807) is 11.8 Å². The summed E-state index contributed by atoms with van der Waals surface area (Å²) < 4.78 is 0. The molecular weight excluding hydrogens is 346 g/mol. The van der Waals surface area contributed by atoms with Crippen molar-refractivity contribution in [2.45, 2.75) is 24.2 Å². The number of nitrogens with zero attached hydrogens (tertiary/aromatic N) is 1. The highest BCUT2D eigenvalue weighted by atomic mass is 32.2. The fourth-order valence-corrected chi connectivity index (χ4v) is 5.10. The lowest BCUT2D eigenvalue weighted by molar-refractivity contribution is 0.622. The Balaban J connectivity index is 1.92. The lowest BCUT2D eigenvalue weighted by Crippen LogP contribution is -2.25. The fourth-order valence-electron chi connectivity index (χ4n) is 4.49. The number of benzene rings is 3. The predicted molar refractivity (Wildman–Crippen MR) is 117 cm³/mol. The van der Waals surface area contributed by atoms with E-state index in [1.807, 2.05) is 6.20 Å². The summed E-state index contributed by atoms with van der Waals surface area (Å²) >= 11 is 1.80. The van der Waals surface area contributed by atoms with Gasteiger partial charge in [-0.1, -0.05) is 68.4 Å². The molecule has 0 fully saturated rings. The number of aromatic nitrogens is 1. The minimum Gasteiger partial charge on any atom is -0.260 e.